The van der Waals surface area contributed by atoms with Crippen molar-refractivity contribution in [3.63, 3.8) is 0 Å². The van der Waals surface area contributed by atoms with Crippen molar-refractivity contribution in [1.29, 1.82) is 0 Å². The Kier molecular flexibility index (Phi) is 2.35. The van der Waals surface area contributed by atoms with Crippen LogP contribution in [-0.4, -0.2) is 19.5 Å². The van der Waals surface area contributed by atoms with E-state index in [2.05, 4.69) is 4.98 Å². The third-order valence-corrected chi connectivity index (χ3v) is 4.61. The SMILES string of the molecule is Fc1ccc2nc(-c3ccccc3)[se]c2c1. The van der Waals surface area contributed by atoms with E-state index in [1.165, 1.54) is 6.07 Å². The van der Waals surface area contributed by atoms with Gasteiger partial charge in [0.15, 0.2) is 0 Å². The van der Waals surface area contributed by atoms with Crippen LogP contribution in [0.5, 0.6) is 0 Å². The molecule has 0 unspecified atom stereocenters. The van der Waals surface area contributed by atoms with Crippen molar-refractivity contribution in [3.05, 3.63) is 54.3 Å². The van der Waals surface area contributed by atoms with E-state index in [4.69, 9.17) is 0 Å². The van der Waals surface area contributed by atoms with Gasteiger partial charge in [0.2, 0.25) is 0 Å². The first kappa shape index (κ1) is 9.76. The zero-order chi connectivity index (χ0) is 11.0. The Morgan fingerprint density at radius 2 is 1.81 bits per heavy atom. The molecule has 16 heavy (non-hydrogen) atoms. The molecule has 1 heterocycles. The fraction of sp³-hybridized carbons (Fsp3) is 0. The van der Waals surface area contributed by atoms with E-state index in [9.17, 15) is 4.39 Å². The van der Waals surface area contributed by atoms with Crippen LogP contribution in [0, 0.1) is 5.82 Å². The van der Waals surface area contributed by atoms with Gasteiger partial charge in [-0.3, -0.25) is 0 Å². The molecule has 0 aliphatic rings. The van der Waals surface area contributed by atoms with Crippen LogP contribution in [0.25, 0.3) is 19.9 Å². The van der Waals surface area contributed by atoms with E-state index in [1.807, 2.05) is 30.3 Å². The van der Waals surface area contributed by atoms with Crippen LogP contribution >= 0.6 is 0 Å². The number of nitrogens with zero attached hydrogens (tertiary/aromatic N) is 1. The average Bonchev–Trinajstić information content (AvgIpc) is 2.73. The summed E-state index contributed by atoms with van der Waals surface area (Å²) < 4.78 is 15.2. The van der Waals surface area contributed by atoms with Crippen molar-refractivity contribution in [3.8, 4) is 10.1 Å². The number of hydrogen-bond donors (Lipinski definition) is 0. The monoisotopic (exact) mass is 277 g/mol. The van der Waals surface area contributed by atoms with Gasteiger partial charge in [-0.15, -0.1) is 0 Å². The van der Waals surface area contributed by atoms with Crippen LogP contribution < -0.4 is 0 Å². The molecule has 0 radical (unpaired) electrons. The zero-order valence-corrected chi connectivity index (χ0v) is 10.1. The molecule has 78 valence electrons. The Labute approximate surface area is 98.3 Å². The quantitative estimate of drug-likeness (QED) is 0.622. The Morgan fingerprint density at radius 1 is 1.00 bits per heavy atom. The molecule has 0 aliphatic carbocycles. The molecule has 1 aromatic heterocycles. The first-order chi connectivity index (χ1) is 7.83. The fourth-order valence-electron chi connectivity index (χ4n) is 1.60. The number of benzene rings is 2. The Hall–Kier alpha value is -1.44. The molecule has 0 aliphatic heterocycles. The van der Waals surface area contributed by atoms with Crippen LogP contribution in [0.2, 0.25) is 0 Å². The summed E-state index contributed by atoms with van der Waals surface area (Å²) in [7, 11) is 0. The number of halogens is 1. The molecule has 3 aromatic rings. The summed E-state index contributed by atoms with van der Waals surface area (Å²) in [4.78, 5) is 4.54. The van der Waals surface area contributed by atoms with Gasteiger partial charge in [0.1, 0.15) is 0 Å². The Morgan fingerprint density at radius 3 is 2.62 bits per heavy atom. The second-order valence-electron chi connectivity index (χ2n) is 3.50. The van der Waals surface area contributed by atoms with Gasteiger partial charge in [-0.25, -0.2) is 0 Å². The van der Waals surface area contributed by atoms with E-state index < -0.39 is 0 Å². The molecule has 0 bridgehead atoms. The van der Waals surface area contributed by atoms with Crippen molar-refractivity contribution >= 4 is 24.3 Å². The summed E-state index contributed by atoms with van der Waals surface area (Å²) in [6, 6.07) is 14.9. The fourth-order valence-corrected chi connectivity index (χ4v) is 3.69. The van der Waals surface area contributed by atoms with Gasteiger partial charge in [0, 0.05) is 0 Å². The number of rotatable bonds is 1. The van der Waals surface area contributed by atoms with Gasteiger partial charge < -0.3 is 0 Å². The first-order valence-electron chi connectivity index (χ1n) is 4.94. The molecule has 0 atom stereocenters. The standard InChI is InChI=1S/C13H8FNSe/c14-10-6-7-11-12(8-10)16-13(15-11)9-4-2-1-3-5-9/h1-8H. The van der Waals surface area contributed by atoms with Crippen LogP contribution in [0.15, 0.2) is 48.5 Å². The molecular weight excluding hydrogens is 268 g/mol. The molecule has 0 fully saturated rings. The second-order valence-corrected chi connectivity index (χ2v) is 5.66. The average molecular weight is 276 g/mol. The number of aromatic nitrogens is 1. The number of fused-ring (bicyclic) bond motifs is 1. The molecule has 0 N–H and O–H groups in total. The molecule has 3 heteroatoms. The van der Waals surface area contributed by atoms with E-state index in [-0.39, 0.29) is 20.3 Å². The third-order valence-electron chi connectivity index (χ3n) is 2.37. The molecule has 0 saturated heterocycles. The third kappa shape index (κ3) is 1.68. The van der Waals surface area contributed by atoms with Gasteiger partial charge >= 0.3 is 98.1 Å². The Balaban J connectivity index is 2.19. The van der Waals surface area contributed by atoms with Crippen molar-refractivity contribution in [2.75, 3.05) is 0 Å². The molecule has 2 aromatic carbocycles. The van der Waals surface area contributed by atoms with Crippen molar-refractivity contribution in [2.24, 2.45) is 0 Å². The summed E-state index contributed by atoms with van der Waals surface area (Å²) in [5.74, 6) is -0.176. The maximum atomic E-state index is 13.1. The second kappa shape index (κ2) is 3.85. The molecule has 0 amide bonds. The Bertz CT molecular complexity index is 631. The predicted octanol–water partition coefficient (Wildman–Crippen LogP) is 3.10. The topological polar surface area (TPSA) is 12.9 Å². The van der Waals surface area contributed by atoms with E-state index >= 15 is 0 Å². The van der Waals surface area contributed by atoms with Crippen LogP contribution in [0.1, 0.15) is 0 Å². The van der Waals surface area contributed by atoms with Gasteiger partial charge in [0.25, 0.3) is 0 Å². The van der Waals surface area contributed by atoms with Gasteiger partial charge in [-0.1, -0.05) is 0 Å². The van der Waals surface area contributed by atoms with E-state index in [0.29, 0.717) is 0 Å². The van der Waals surface area contributed by atoms with Crippen molar-refractivity contribution in [1.82, 2.24) is 4.98 Å². The predicted molar refractivity (Wildman–Crippen MR) is 64.1 cm³/mol. The summed E-state index contributed by atoms with van der Waals surface area (Å²) >= 11 is 0.124. The summed E-state index contributed by atoms with van der Waals surface area (Å²) in [6.45, 7) is 0. The van der Waals surface area contributed by atoms with Crippen LogP contribution in [-0.2, 0) is 0 Å². The van der Waals surface area contributed by atoms with Gasteiger partial charge in [0.05, 0.1) is 0 Å². The zero-order valence-electron chi connectivity index (χ0n) is 8.35. The van der Waals surface area contributed by atoms with Crippen molar-refractivity contribution < 1.29 is 4.39 Å². The first-order valence-corrected chi connectivity index (χ1v) is 6.66. The van der Waals surface area contributed by atoms with Crippen LogP contribution in [0.4, 0.5) is 4.39 Å². The summed E-state index contributed by atoms with van der Waals surface area (Å²) in [6.07, 6.45) is 0. The molecular formula is C13H8FNSe. The summed E-state index contributed by atoms with van der Waals surface area (Å²) in [5, 5.41) is 0. The molecule has 1 nitrogen and oxygen atoms in total. The minimum atomic E-state index is -0.176. The molecule has 0 spiro atoms. The van der Waals surface area contributed by atoms with E-state index in [0.717, 1.165) is 19.9 Å². The maximum absolute atomic E-state index is 13.1. The minimum absolute atomic E-state index is 0.124. The normalized spacial score (nSPS) is 10.8. The van der Waals surface area contributed by atoms with E-state index in [1.54, 1.807) is 12.1 Å². The number of hydrogen-bond acceptors (Lipinski definition) is 1. The van der Waals surface area contributed by atoms with Crippen LogP contribution in [0.3, 0.4) is 0 Å². The van der Waals surface area contributed by atoms with Gasteiger partial charge in [-0.05, 0) is 0 Å². The molecule has 3 rings (SSSR count). The van der Waals surface area contributed by atoms with Gasteiger partial charge in [-0.2, -0.15) is 0 Å². The summed E-state index contributed by atoms with van der Waals surface area (Å²) in [5.41, 5.74) is 2.05. The molecule has 0 saturated carbocycles. The van der Waals surface area contributed by atoms with Crippen molar-refractivity contribution in [2.45, 2.75) is 0 Å².